The van der Waals surface area contributed by atoms with Crippen LogP contribution in [0.4, 0.5) is 17.2 Å². The third-order valence-electron chi connectivity index (χ3n) is 3.43. The van der Waals surface area contributed by atoms with Crippen molar-refractivity contribution < 1.29 is 4.79 Å². The molecule has 1 amide bonds. The lowest BCUT2D eigenvalue weighted by Gasteiger charge is -2.09. The molecule has 1 aromatic heterocycles. The molecule has 0 saturated carbocycles. The third-order valence-corrected chi connectivity index (χ3v) is 3.96. The van der Waals surface area contributed by atoms with Gasteiger partial charge in [-0.3, -0.25) is 4.79 Å². The van der Waals surface area contributed by atoms with Gasteiger partial charge in [-0.2, -0.15) is 5.26 Å². The van der Waals surface area contributed by atoms with Gasteiger partial charge in [0.05, 0.1) is 11.3 Å². The highest BCUT2D eigenvalue weighted by atomic mass is 79.9. The Balaban J connectivity index is 1.77. The Kier molecular flexibility index (Phi) is 5.07. The predicted molar refractivity (Wildman–Crippen MR) is 101 cm³/mol. The molecule has 0 aliphatic carbocycles. The van der Waals surface area contributed by atoms with Crippen LogP contribution in [0, 0.1) is 11.3 Å². The van der Waals surface area contributed by atoms with Gasteiger partial charge in [0.2, 0.25) is 0 Å². The van der Waals surface area contributed by atoms with Crippen LogP contribution in [0.15, 0.2) is 71.3 Å². The topological polar surface area (TPSA) is 77.8 Å². The van der Waals surface area contributed by atoms with Crippen molar-refractivity contribution in [2.45, 2.75) is 0 Å². The molecule has 0 fully saturated rings. The number of amides is 1. The van der Waals surface area contributed by atoms with Crippen LogP contribution < -0.4 is 10.6 Å². The molecule has 1 heterocycles. The van der Waals surface area contributed by atoms with E-state index in [2.05, 4.69) is 37.6 Å². The van der Waals surface area contributed by atoms with Crippen molar-refractivity contribution in [3.63, 3.8) is 0 Å². The number of para-hydroxylation sites is 1. The van der Waals surface area contributed by atoms with Crippen molar-refractivity contribution in [1.82, 2.24) is 4.98 Å². The van der Waals surface area contributed by atoms with Gasteiger partial charge in [0.15, 0.2) is 0 Å². The van der Waals surface area contributed by atoms with Crippen LogP contribution in [0.1, 0.15) is 15.9 Å². The van der Waals surface area contributed by atoms with Crippen molar-refractivity contribution in [3.05, 3.63) is 82.5 Å². The maximum atomic E-state index is 12.4. The number of nitrogens with one attached hydrogen (secondary N) is 2. The third kappa shape index (κ3) is 4.22. The molecular weight excluding hydrogens is 380 g/mol. The van der Waals surface area contributed by atoms with E-state index in [0.717, 1.165) is 10.2 Å². The molecule has 0 atom stereocenters. The fourth-order valence-electron chi connectivity index (χ4n) is 2.21. The van der Waals surface area contributed by atoms with Crippen LogP contribution in [0.25, 0.3) is 0 Å². The minimum absolute atomic E-state index is 0.302. The second kappa shape index (κ2) is 7.60. The summed E-state index contributed by atoms with van der Waals surface area (Å²) < 4.78 is 0.982. The first-order chi connectivity index (χ1) is 12.2. The molecule has 0 aliphatic heterocycles. The highest BCUT2D eigenvalue weighted by molar-refractivity contribution is 9.10. The number of hydrogen-bond acceptors (Lipinski definition) is 4. The lowest BCUT2D eigenvalue weighted by Crippen LogP contribution is -2.13. The largest absolute Gasteiger partial charge is 0.340 e. The molecule has 25 heavy (non-hydrogen) atoms. The second-order valence-electron chi connectivity index (χ2n) is 5.17. The second-order valence-corrected chi connectivity index (χ2v) is 6.09. The summed E-state index contributed by atoms with van der Waals surface area (Å²) in [7, 11) is 0. The maximum Gasteiger partial charge on any atom is 0.255 e. The number of rotatable bonds is 4. The standard InChI is InChI=1S/C19H13BrN4O/c20-15-5-7-16(8-6-15)23-18-11-13(9-10-22-18)19(25)24-17-4-2-1-3-14(17)12-21/h1-11H,(H,22,23)(H,24,25). The van der Waals surface area contributed by atoms with Gasteiger partial charge in [0, 0.05) is 21.9 Å². The molecule has 122 valence electrons. The highest BCUT2D eigenvalue weighted by Gasteiger charge is 2.10. The molecule has 2 aromatic carbocycles. The lowest BCUT2D eigenvalue weighted by atomic mass is 10.1. The number of carbonyl (C=O) groups is 1. The number of nitriles is 1. The number of benzene rings is 2. The number of carbonyl (C=O) groups excluding carboxylic acids is 1. The zero-order chi connectivity index (χ0) is 17.6. The van der Waals surface area contributed by atoms with E-state index in [-0.39, 0.29) is 5.91 Å². The average molecular weight is 393 g/mol. The number of pyridine rings is 1. The molecule has 0 saturated heterocycles. The van der Waals surface area contributed by atoms with E-state index in [0.29, 0.717) is 22.6 Å². The smallest absolute Gasteiger partial charge is 0.255 e. The maximum absolute atomic E-state index is 12.4. The number of halogens is 1. The monoisotopic (exact) mass is 392 g/mol. The summed E-state index contributed by atoms with van der Waals surface area (Å²) in [5.41, 5.74) is 2.21. The van der Waals surface area contributed by atoms with Gasteiger partial charge in [-0.05, 0) is 48.5 Å². The van der Waals surface area contributed by atoms with E-state index in [9.17, 15) is 4.79 Å². The van der Waals surface area contributed by atoms with Gasteiger partial charge in [0.25, 0.3) is 5.91 Å². The van der Waals surface area contributed by atoms with E-state index >= 15 is 0 Å². The van der Waals surface area contributed by atoms with Crippen LogP contribution in [-0.2, 0) is 0 Å². The number of hydrogen-bond donors (Lipinski definition) is 2. The highest BCUT2D eigenvalue weighted by Crippen LogP contribution is 2.19. The summed E-state index contributed by atoms with van der Waals surface area (Å²) in [6.07, 6.45) is 1.56. The first kappa shape index (κ1) is 16.7. The molecule has 0 bridgehead atoms. The quantitative estimate of drug-likeness (QED) is 0.673. The number of nitrogens with zero attached hydrogens (tertiary/aromatic N) is 2. The fourth-order valence-corrected chi connectivity index (χ4v) is 2.47. The molecule has 3 rings (SSSR count). The number of aromatic nitrogens is 1. The van der Waals surface area contributed by atoms with Gasteiger partial charge in [-0.15, -0.1) is 0 Å². The molecule has 6 heteroatoms. The average Bonchev–Trinajstić information content (AvgIpc) is 2.64. The fraction of sp³-hybridized carbons (Fsp3) is 0. The van der Waals surface area contributed by atoms with Gasteiger partial charge in [-0.1, -0.05) is 28.1 Å². The molecule has 5 nitrogen and oxygen atoms in total. The molecule has 0 radical (unpaired) electrons. The molecule has 0 spiro atoms. The minimum atomic E-state index is -0.302. The molecule has 2 N–H and O–H groups in total. The van der Waals surface area contributed by atoms with Crippen LogP contribution >= 0.6 is 15.9 Å². The predicted octanol–water partition coefficient (Wildman–Crippen LogP) is 4.71. The van der Waals surface area contributed by atoms with Crippen molar-refractivity contribution in [1.29, 1.82) is 5.26 Å². The molecular formula is C19H13BrN4O. The Hall–Kier alpha value is -3.17. The molecule has 3 aromatic rings. The zero-order valence-corrected chi connectivity index (χ0v) is 14.6. The van der Waals surface area contributed by atoms with Crippen molar-refractivity contribution in [2.75, 3.05) is 10.6 Å². The lowest BCUT2D eigenvalue weighted by molar-refractivity contribution is 0.102. The van der Waals surface area contributed by atoms with Gasteiger partial charge in [-0.25, -0.2) is 4.98 Å². The Labute approximate surface area is 153 Å². The Morgan fingerprint density at radius 2 is 1.84 bits per heavy atom. The summed E-state index contributed by atoms with van der Waals surface area (Å²) in [6.45, 7) is 0. The summed E-state index contributed by atoms with van der Waals surface area (Å²) in [4.78, 5) is 16.7. The van der Waals surface area contributed by atoms with Crippen molar-refractivity contribution in [2.24, 2.45) is 0 Å². The first-order valence-corrected chi connectivity index (χ1v) is 8.24. The van der Waals surface area contributed by atoms with Crippen molar-refractivity contribution >= 4 is 39.0 Å². The van der Waals surface area contributed by atoms with Crippen LogP contribution in [-0.4, -0.2) is 10.9 Å². The van der Waals surface area contributed by atoms with E-state index in [4.69, 9.17) is 5.26 Å². The number of anilines is 3. The Morgan fingerprint density at radius 1 is 1.08 bits per heavy atom. The van der Waals surface area contributed by atoms with Gasteiger partial charge >= 0.3 is 0 Å². The molecule has 0 aliphatic rings. The van der Waals surface area contributed by atoms with Crippen LogP contribution in [0.3, 0.4) is 0 Å². The summed E-state index contributed by atoms with van der Waals surface area (Å²) in [5.74, 6) is 0.257. The minimum Gasteiger partial charge on any atom is -0.340 e. The normalized spacial score (nSPS) is 9.92. The first-order valence-electron chi connectivity index (χ1n) is 7.45. The van der Waals surface area contributed by atoms with Crippen LogP contribution in [0.2, 0.25) is 0 Å². The van der Waals surface area contributed by atoms with E-state index < -0.39 is 0 Å². The summed E-state index contributed by atoms with van der Waals surface area (Å²) >= 11 is 3.39. The van der Waals surface area contributed by atoms with E-state index in [1.54, 1.807) is 42.6 Å². The summed E-state index contributed by atoms with van der Waals surface area (Å²) in [6, 6.07) is 19.8. The SMILES string of the molecule is N#Cc1ccccc1NC(=O)c1ccnc(Nc2ccc(Br)cc2)c1. The summed E-state index contributed by atoms with van der Waals surface area (Å²) in [5, 5.41) is 15.0. The van der Waals surface area contributed by atoms with E-state index in [1.807, 2.05) is 24.3 Å². The Morgan fingerprint density at radius 3 is 2.60 bits per heavy atom. The molecule has 0 unspecified atom stereocenters. The van der Waals surface area contributed by atoms with E-state index in [1.165, 1.54) is 0 Å². The van der Waals surface area contributed by atoms with Crippen molar-refractivity contribution in [3.8, 4) is 6.07 Å². The Bertz CT molecular complexity index is 948. The zero-order valence-electron chi connectivity index (χ0n) is 13.0. The van der Waals surface area contributed by atoms with Gasteiger partial charge < -0.3 is 10.6 Å². The van der Waals surface area contributed by atoms with Gasteiger partial charge in [0.1, 0.15) is 11.9 Å². The van der Waals surface area contributed by atoms with Crippen LogP contribution in [0.5, 0.6) is 0 Å².